The number of para-hydroxylation sites is 4. The molecule has 58 heavy (non-hydrogen) atoms. The maximum absolute atomic E-state index is 6.19. The molecule has 0 saturated carbocycles. The van der Waals surface area contributed by atoms with Crippen molar-refractivity contribution in [1.29, 1.82) is 0 Å². The van der Waals surface area contributed by atoms with E-state index in [0.717, 1.165) is 100 Å². The molecule has 0 bridgehead atoms. The smallest absolute Gasteiger partial charge is 0.227 e. The Morgan fingerprint density at radius 1 is 0.310 bits per heavy atom. The first-order valence-corrected chi connectivity index (χ1v) is 19.2. The summed E-state index contributed by atoms with van der Waals surface area (Å²) < 4.78 is 12.2. The van der Waals surface area contributed by atoms with E-state index in [1.165, 1.54) is 0 Å². The van der Waals surface area contributed by atoms with Gasteiger partial charge < -0.3 is 8.83 Å². The highest BCUT2D eigenvalue weighted by Gasteiger charge is 2.17. The Kier molecular flexibility index (Phi) is 8.04. The van der Waals surface area contributed by atoms with E-state index >= 15 is 0 Å². The predicted octanol–water partition coefficient (Wildman–Crippen LogP) is 13.6. The van der Waals surface area contributed by atoms with Gasteiger partial charge >= 0.3 is 0 Å². The summed E-state index contributed by atoms with van der Waals surface area (Å²) in [5, 5.41) is 2.23. The second kappa shape index (κ2) is 14.0. The highest BCUT2D eigenvalue weighted by molar-refractivity contribution is 6.04. The SMILES string of the molecule is c1ccc(-c2ccc(-c3ccc(-c4ccc(-c5nc6ccccc6o5)c5ccccc45)cc3)c(-c3ccc(-c4ccc(-c5nc6ccccc6o5)cc4)cc3)n2)nc1. The standard InChI is InChI=1S/C52H32N4O2/c1-2-10-42-41(9-1)39(28-29-43(42)52-56-47-13-4-6-15-49(47)58-52)35-20-22-36(23-21-35)40-30-31-45(44-11-7-8-32-53-44)54-50(40)37-24-16-33(17-25-37)34-18-26-38(27-19-34)51-55-46-12-3-5-14-48(46)57-51/h1-32H. The maximum Gasteiger partial charge on any atom is 0.227 e. The summed E-state index contributed by atoms with van der Waals surface area (Å²) in [6.07, 6.45) is 1.80. The minimum atomic E-state index is 0.616. The van der Waals surface area contributed by atoms with Gasteiger partial charge in [-0.05, 0) is 105 Å². The molecule has 0 N–H and O–H groups in total. The van der Waals surface area contributed by atoms with Crippen molar-refractivity contribution < 1.29 is 8.83 Å². The Hall–Kier alpha value is -7.96. The van der Waals surface area contributed by atoms with Gasteiger partial charge in [-0.2, -0.15) is 0 Å². The molecule has 4 heterocycles. The first-order valence-electron chi connectivity index (χ1n) is 19.2. The first-order chi connectivity index (χ1) is 28.7. The van der Waals surface area contributed by atoms with Crippen molar-refractivity contribution in [1.82, 2.24) is 19.9 Å². The summed E-state index contributed by atoms with van der Waals surface area (Å²) in [5.41, 5.74) is 15.3. The van der Waals surface area contributed by atoms with Crippen LogP contribution in [-0.4, -0.2) is 19.9 Å². The van der Waals surface area contributed by atoms with Crippen LogP contribution in [0.2, 0.25) is 0 Å². The molecule has 0 saturated heterocycles. The summed E-state index contributed by atoms with van der Waals surface area (Å²) >= 11 is 0. The average molecular weight is 745 g/mol. The molecule has 0 aliphatic carbocycles. The number of pyridine rings is 2. The lowest BCUT2D eigenvalue weighted by molar-refractivity contribution is 0.619. The molecule has 0 spiro atoms. The molecule has 0 unspecified atom stereocenters. The van der Waals surface area contributed by atoms with Crippen molar-refractivity contribution in [2.24, 2.45) is 0 Å². The van der Waals surface area contributed by atoms with Gasteiger partial charge in [-0.3, -0.25) is 4.98 Å². The second-order valence-corrected chi connectivity index (χ2v) is 14.2. The van der Waals surface area contributed by atoms with Crippen LogP contribution in [0, 0.1) is 0 Å². The lowest BCUT2D eigenvalue weighted by Gasteiger charge is -2.14. The Bertz CT molecular complexity index is 3190. The van der Waals surface area contributed by atoms with Crippen molar-refractivity contribution in [2.45, 2.75) is 0 Å². The molecule has 0 atom stereocenters. The third-order valence-electron chi connectivity index (χ3n) is 10.7. The molecule has 7 aromatic carbocycles. The highest BCUT2D eigenvalue weighted by Crippen LogP contribution is 2.39. The zero-order chi connectivity index (χ0) is 38.4. The van der Waals surface area contributed by atoms with E-state index in [-0.39, 0.29) is 0 Å². The zero-order valence-electron chi connectivity index (χ0n) is 31.1. The number of hydrogen-bond donors (Lipinski definition) is 0. The highest BCUT2D eigenvalue weighted by atomic mass is 16.4. The van der Waals surface area contributed by atoms with Crippen LogP contribution in [0.15, 0.2) is 203 Å². The van der Waals surface area contributed by atoms with Crippen molar-refractivity contribution in [2.75, 3.05) is 0 Å². The van der Waals surface area contributed by atoms with Gasteiger partial charge in [-0.25, -0.2) is 15.0 Å². The van der Waals surface area contributed by atoms with Crippen molar-refractivity contribution in [3.8, 4) is 78.9 Å². The van der Waals surface area contributed by atoms with Gasteiger partial charge in [0.05, 0.1) is 17.1 Å². The van der Waals surface area contributed by atoms with Gasteiger partial charge in [0.2, 0.25) is 11.8 Å². The number of rotatable bonds is 7. The van der Waals surface area contributed by atoms with Gasteiger partial charge in [-0.1, -0.05) is 121 Å². The lowest BCUT2D eigenvalue weighted by atomic mass is 9.92. The molecule has 272 valence electrons. The summed E-state index contributed by atoms with van der Waals surface area (Å²) in [6.45, 7) is 0. The maximum atomic E-state index is 6.19. The normalized spacial score (nSPS) is 11.4. The summed E-state index contributed by atoms with van der Waals surface area (Å²) in [4.78, 5) is 19.3. The van der Waals surface area contributed by atoms with E-state index in [1.54, 1.807) is 6.20 Å². The summed E-state index contributed by atoms with van der Waals surface area (Å²) in [5.74, 6) is 1.24. The predicted molar refractivity (Wildman–Crippen MR) is 233 cm³/mol. The van der Waals surface area contributed by atoms with Gasteiger partial charge in [0.1, 0.15) is 11.0 Å². The molecule has 11 aromatic rings. The number of hydrogen-bond acceptors (Lipinski definition) is 6. The third kappa shape index (κ3) is 6.01. The van der Waals surface area contributed by atoms with E-state index in [0.29, 0.717) is 11.8 Å². The van der Waals surface area contributed by atoms with Crippen LogP contribution in [0.3, 0.4) is 0 Å². The van der Waals surface area contributed by atoms with Gasteiger partial charge in [0, 0.05) is 28.5 Å². The zero-order valence-corrected chi connectivity index (χ0v) is 31.1. The monoisotopic (exact) mass is 744 g/mol. The fourth-order valence-electron chi connectivity index (χ4n) is 7.74. The summed E-state index contributed by atoms with van der Waals surface area (Å²) in [6, 6.07) is 64.3. The Morgan fingerprint density at radius 3 is 1.47 bits per heavy atom. The minimum absolute atomic E-state index is 0.616. The first kappa shape index (κ1) is 33.4. The van der Waals surface area contributed by atoms with Gasteiger partial charge in [0.15, 0.2) is 11.2 Å². The second-order valence-electron chi connectivity index (χ2n) is 14.2. The van der Waals surface area contributed by atoms with Crippen LogP contribution in [0.25, 0.3) is 112 Å². The van der Waals surface area contributed by atoms with Crippen LogP contribution in [0.5, 0.6) is 0 Å². The molecule has 6 nitrogen and oxygen atoms in total. The van der Waals surface area contributed by atoms with E-state index in [1.807, 2.05) is 66.7 Å². The fraction of sp³-hybridized carbons (Fsp3) is 0. The molecule has 0 radical (unpaired) electrons. The van der Waals surface area contributed by atoms with Crippen LogP contribution in [-0.2, 0) is 0 Å². The Morgan fingerprint density at radius 2 is 0.810 bits per heavy atom. The largest absolute Gasteiger partial charge is 0.436 e. The van der Waals surface area contributed by atoms with Crippen LogP contribution >= 0.6 is 0 Å². The Labute approximate surface area is 333 Å². The topological polar surface area (TPSA) is 77.8 Å². The van der Waals surface area contributed by atoms with Crippen molar-refractivity contribution in [3.63, 3.8) is 0 Å². The molecular formula is C52H32N4O2. The molecule has 11 rings (SSSR count). The van der Waals surface area contributed by atoms with E-state index < -0.39 is 0 Å². The molecular weight excluding hydrogens is 713 g/mol. The molecule has 6 heteroatoms. The molecule has 4 aromatic heterocycles. The number of nitrogens with zero attached hydrogens (tertiary/aromatic N) is 4. The summed E-state index contributed by atoms with van der Waals surface area (Å²) in [7, 11) is 0. The average Bonchev–Trinajstić information content (AvgIpc) is 3.94. The lowest BCUT2D eigenvalue weighted by Crippen LogP contribution is -1.94. The number of aromatic nitrogens is 4. The van der Waals surface area contributed by atoms with Crippen molar-refractivity contribution in [3.05, 3.63) is 194 Å². The molecule has 0 fully saturated rings. The number of oxazole rings is 2. The van der Waals surface area contributed by atoms with Crippen LogP contribution in [0.1, 0.15) is 0 Å². The van der Waals surface area contributed by atoms with Crippen LogP contribution < -0.4 is 0 Å². The molecule has 0 aliphatic heterocycles. The third-order valence-corrected chi connectivity index (χ3v) is 10.7. The molecule has 0 aliphatic rings. The minimum Gasteiger partial charge on any atom is -0.436 e. The fourth-order valence-corrected chi connectivity index (χ4v) is 7.74. The van der Waals surface area contributed by atoms with Crippen LogP contribution in [0.4, 0.5) is 0 Å². The Balaban J connectivity index is 0.931. The quantitative estimate of drug-likeness (QED) is 0.162. The molecule has 0 amide bonds. The van der Waals surface area contributed by atoms with Gasteiger partial charge in [0.25, 0.3) is 0 Å². The van der Waals surface area contributed by atoms with E-state index in [4.69, 9.17) is 18.8 Å². The van der Waals surface area contributed by atoms with E-state index in [9.17, 15) is 0 Å². The number of benzene rings is 7. The van der Waals surface area contributed by atoms with E-state index in [2.05, 4.69) is 131 Å². The van der Waals surface area contributed by atoms with Gasteiger partial charge in [-0.15, -0.1) is 0 Å². The number of fused-ring (bicyclic) bond motifs is 3. The van der Waals surface area contributed by atoms with Crippen molar-refractivity contribution >= 4 is 33.0 Å².